The van der Waals surface area contributed by atoms with Gasteiger partial charge in [0.15, 0.2) is 5.43 Å². The molecule has 24 heavy (non-hydrogen) atoms. The molecule has 0 radical (unpaired) electrons. The molecule has 118 valence electrons. The fourth-order valence-electron chi connectivity index (χ4n) is 2.81. The van der Waals surface area contributed by atoms with Gasteiger partial charge >= 0.3 is 0 Å². The summed E-state index contributed by atoms with van der Waals surface area (Å²) in [5, 5.41) is 4.95. The number of para-hydroxylation sites is 2. The van der Waals surface area contributed by atoms with E-state index in [0.717, 1.165) is 5.69 Å². The number of nitrogens with zero attached hydrogens (tertiary/aromatic N) is 2. The third-order valence-electron chi connectivity index (χ3n) is 3.96. The minimum Gasteiger partial charge on any atom is -0.437 e. The number of nitrogens with two attached hydrogens (primary N) is 1. The Labute approximate surface area is 138 Å². The summed E-state index contributed by atoms with van der Waals surface area (Å²) < 4.78 is 7.68. The molecule has 5 heteroatoms. The van der Waals surface area contributed by atoms with Crippen molar-refractivity contribution in [1.82, 2.24) is 9.78 Å². The second-order valence-corrected chi connectivity index (χ2v) is 5.58. The SMILES string of the molecule is Cc1nn(-c2ccccc2)c2oc(-c3ccccc3N)cc(=O)c12. The van der Waals surface area contributed by atoms with E-state index in [-0.39, 0.29) is 5.43 Å². The molecule has 0 fully saturated rings. The van der Waals surface area contributed by atoms with Gasteiger partial charge in [-0.05, 0) is 31.2 Å². The Balaban J connectivity index is 2.04. The summed E-state index contributed by atoms with van der Waals surface area (Å²) in [6.07, 6.45) is 0. The smallest absolute Gasteiger partial charge is 0.234 e. The highest BCUT2D eigenvalue weighted by molar-refractivity contribution is 5.81. The molecule has 0 aliphatic carbocycles. The summed E-state index contributed by atoms with van der Waals surface area (Å²) >= 11 is 0. The first-order valence-corrected chi connectivity index (χ1v) is 7.59. The molecule has 2 aromatic heterocycles. The Morgan fingerprint density at radius 3 is 2.50 bits per heavy atom. The van der Waals surface area contributed by atoms with Crippen molar-refractivity contribution < 1.29 is 4.42 Å². The number of hydrogen-bond acceptors (Lipinski definition) is 4. The maximum absolute atomic E-state index is 12.6. The van der Waals surface area contributed by atoms with Gasteiger partial charge in [-0.3, -0.25) is 4.79 Å². The minimum absolute atomic E-state index is 0.130. The van der Waals surface area contributed by atoms with Crippen LogP contribution in [-0.4, -0.2) is 9.78 Å². The molecule has 4 rings (SSSR count). The van der Waals surface area contributed by atoms with Gasteiger partial charge in [-0.1, -0.05) is 30.3 Å². The predicted molar refractivity (Wildman–Crippen MR) is 94.2 cm³/mol. The van der Waals surface area contributed by atoms with Gasteiger partial charge in [-0.2, -0.15) is 9.78 Å². The highest BCUT2D eigenvalue weighted by Gasteiger charge is 2.17. The molecule has 4 aromatic rings. The number of rotatable bonds is 2. The molecule has 0 aliphatic heterocycles. The van der Waals surface area contributed by atoms with Gasteiger partial charge in [0.2, 0.25) is 5.71 Å². The lowest BCUT2D eigenvalue weighted by Gasteiger charge is -2.06. The topological polar surface area (TPSA) is 74.1 Å². The van der Waals surface area contributed by atoms with Crippen molar-refractivity contribution in [2.45, 2.75) is 6.92 Å². The number of benzene rings is 2. The second kappa shape index (κ2) is 5.38. The van der Waals surface area contributed by atoms with E-state index in [4.69, 9.17) is 10.2 Å². The molecule has 0 aliphatic rings. The third-order valence-corrected chi connectivity index (χ3v) is 3.96. The Morgan fingerprint density at radius 1 is 1.04 bits per heavy atom. The quantitative estimate of drug-likeness (QED) is 0.574. The zero-order valence-electron chi connectivity index (χ0n) is 13.1. The van der Waals surface area contributed by atoms with Crippen molar-refractivity contribution in [3.05, 3.63) is 76.6 Å². The van der Waals surface area contributed by atoms with E-state index in [1.165, 1.54) is 6.07 Å². The van der Waals surface area contributed by atoms with Gasteiger partial charge in [-0.15, -0.1) is 0 Å². The first-order valence-electron chi connectivity index (χ1n) is 7.59. The van der Waals surface area contributed by atoms with Crippen molar-refractivity contribution in [3.8, 4) is 17.0 Å². The summed E-state index contributed by atoms with van der Waals surface area (Å²) in [6, 6.07) is 18.3. The lowest BCUT2D eigenvalue weighted by molar-refractivity contribution is 0.587. The van der Waals surface area contributed by atoms with Crippen LogP contribution in [0, 0.1) is 6.92 Å². The summed E-state index contributed by atoms with van der Waals surface area (Å²) in [5.41, 5.74) is 9.02. The summed E-state index contributed by atoms with van der Waals surface area (Å²) in [5.74, 6) is 0.433. The number of aryl methyl sites for hydroxylation is 1. The molecule has 0 spiro atoms. The zero-order valence-corrected chi connectivity index (χ0v) is 13.1. The van der Waals surface area contributed by atoms with E-state index in [0.29, 0.717) is 33.8 Å². The minimum atomic E-state index is -0.130. The van der Waals surface area contributed by atoms with E-state index < -0.39 is 0 Å². The van der Waals surface area contributed by atoms with Gasteiger partial charge in [0.1, 0.15) is 11.1 Å². The highest BCUT2D eigenvalue weighted by atomic mass is 16.3. The number of nitrogen functional groups attached to an aromatic ring is 1. The van der Waals surface area contributed by atoms with Crippen molar-refractivity contribution >= 4 is 16.8 Å². The van der Waals surface area contributed by atoms with E-state index in [1.807, 2.05) is 48.5 Å². The van der Waals surface area contributed by atoms with Crippen LogP contribution in [0.5, 0.6) is 0 Å². The summed E-state index contributed by atoms with van der Waals surface area (Å²) in [7, 11) is 0. The first kappa shape index (κ1) is 14.3. The standard InChI is InChI=1S/C19H15N3O2/c1-12-18-16(23)11-17(14-9-5-6-10-15(14)20)24-19(18)22(21-12)13-7-3-2-4-8-13/h2-11H,20H2,1H3. The van der Waals surface area contributed by atoms with Gasteiger partial charge in [-0.25, -0.2) is 0 Å². The van der Waals surface area contributed by atoms with E-state index in [1.54, 1.807) is 17.7 Å². The third kappa shape index (κ3) is 2.18. The van der Waals surface area contributed by atoms with Crippen molar-refractivity contribution in [2.24, 2.45) is 0 Å². The maximum Gasteiger partial charge on any atom is 0.234 e. The molecule has 0 bridgehead atoms. The van der Waals surface area contributed by atoms with Crippen LogP contribution in [0.2, 0.25) is 0 Å². The average Bonchev–Trinajstić information content (AvgIpc) is 2.93. The Morgan fingerprint density at radius 2 is 1.75 bits per heavy atom. The van der Waals surface area contributed by atoms with Crippen LogP contribution in [0.4, 0.5) is 5.69 Å². The van der Waals surface area contributed by atoms with Gasteiger partial charge in [0, 0.05) is 17.3 Å². The van der Waals surface area contributed by atoms with Crippen LogP contribution in [0.15, 0.2) is 69.9 Å². The molecule has 2 heterocycles. The Kier molecular flexibility index (Phi) is 3.20. The van der Waals surface area contributed by atoms with Crippen molar-refractivity contribution in [3.63, 3.8) is 0 Å². The summed E-state index contributed by atoms with van der Waals surface area (Å²) in [6.45, 7) is 1.80. The molecule has 0 unspecified atom stereocenters. The molecular weight excluding hydrogens is 302 g/mol. The van der Waals surface area contributed by atoms with Gasteiger partial charge in [0.25, 0.3) is 0 Å². The largest absolute Gasteiger partial charge is 0.437 e. The van der Waals surface area contributed by atoms with E-state index >= 15 is 0 Å². The lowest BCUT2D eigenvalue weighted by Crippen LogP contribution is -2.02. The van der Waals surface area contributed by atoms with E-state index in [9.17, 15) is 4.79 Å². The molecule has 0 saturated carbocycles. The first-order chi connectivity index (χ1) is 11.6. The van der Waals surface area contributed by atoms with Gasteiger partial charge < -0.3 is 10.2 Å². The molecule has 2 aromatic carbocycles. The zero-order chi connectivity index (χ0) is 16.7. The molecule has 5 nitrogen and oxygen atoms in total. The maximum atomic E-state index is 12.6. The molecule has 0 atom stereocenters. The van der Waals surface area contributed by atoms with Crippen molar-refractivity contribution in [1.29, 1.82) is 0 Å². The average molecular weight is 317 g/mol. The number of hydrogen-bond donors (Lipinski definition) is 1. The number of aromatic nitrogens is 2. The fraction of sp³-hybridized carbons (Fsp3) is 0.0526. The van der Waals surface area contributed by atoms with Crippen LogP contribution in [0.3, 0.4) is 0 Å². The number of fused-ring (bicyclic) bond motifs is 1. The second-order valence-electron chi connectivity index (χ2n) is 5.58. The van der Waals surface area contributed by atoms with Crippen LogP contribution in [0.1, 0.15) is 5.69 Å². The van der Waals surface area contributed by atoms with Crippen LogP contribution in [-0.2, 0) is 0 Å². The fourth-order valence-corrected chi connectivity index (χ4v) is 2.81. The van der Waals surface area contributed by atoms with Crippen LogP contribution in [0.25, 0.3) is 28.1 Å². The normalized spacial score (nSPS) is 11.0. The molecule has 0 saturated heterocycles. The summed E-state index contributed by atoms with van der Waals surface area (Å²) in [4.78, 5) is 12.6. The Hall–Kier alpha value is -3.34. The predicted octanol–water partition coefficient (Wildman–Crippen LogP) is 3.54. The lowest BCUT2D eigenvalue weighted by atomic mass is 10.1. The van der Waals surface area contributed by atoms with Crippen LogP contribution >= 0.6 is 0 Å². The van der Waals surface area contributed by atoms with E-state index in [2.05, 4.69) is 5.10 Å². The number of anilines is 1. The highest BCUT2D eigenvalue weighted by Crippen LogP contribution is 2.28. The van der Waals surface area contributed by atoms with Gasteiger partial charge in [0.05, 0.1) is 11.4 Å². The monoisotopic (exact) mass is 317 g/mol. The van der Waals surface area contributed by atoms with Crippen LogP contribution < -0.4 is 11.2 Å². The van der Waals surface area contributed by atoms with Crippen molar-refractivity contribution in [2.75, 3.05) is 5.73 Å². The molecular formula is C19H15N3O2. The molecule has 2 N–H and O–H groups in total. The Bertz CT molecular complexity index is 1090. The molecule has 0 amide bonds.